The molecule has 1 heterocycles. The minimum atomic E-state index is 0.548. The first-order valence-corrected chi connectivity index (χ1v) is 5.85. The maximum Gasteiger partial charge on any atom is 0.200 e. The van der Waals surface area contributed by atoms with Gasteiger partial charge in [-0.3, -0.25) is 0 Å². The summed E-state index contributed by atoms with van der Waals surface area (Å²) in [6.07, 6.45) is 0. The Kier molecular flexibility index (Phi) is 2.76. The highest BCUT2D eigenvalue weighted by Crippen LogP contribution is 2.30. The van der Waals surface area contributed by atoms with Gasteiger partial charge in [-0.1, -0.05) is 22.0 Å². The highest BCUT2D eigenvalue weighted by atomic mass is 79.9. The molecule has 2 rings (SSSR count). The van der Waals surface area contributed by atoms with Crippen LogP contribution in [0.2, 0.25) is 0 Å². The molecule has 84 valence electrons. The Morgan fingerprint density at radius 3 is 2.56 bits per heavy atom. The topological polar surface area (TPSA) is 43.8 Å². The fraction of sp³-hybridized carbons (Fsp3) is 0.250. The summed E-state index contributed by atoms with van der Waals surface area (Å²) in [5, 5.41) is 0. The van der Waals surface area contributed by atoms with Crippen LogP contribution in [0.15, 0.2) is 22.7 Å². The predicted molar refractivity (Wildman–Crippen MR) is 70.2 cm³/mol. The monoisotopic (exact) mass is 279 g/mol. The van der Waals surface area contributed by atoms with Crippen LogP contribution < -0.4 is 5.73 Å². The van der Waals surface area contributed by atoms with Gasteiger partial charge < -0.3 is 10.3 Å². The van der Waals surface area contributed by atoms with Gasteiger partial charge in [0, 0.05) is 17.1 Å². The molecule has 0 bridgehead atoms. The van der Waals surface area contributed by atoms with E-state index >= 15 is 0 Å². The molecule has 0 aliphatic carbocycles. The lowest BCUT2D eigenvalue weighted by molar-refractivity contribution is 0.936. The number of nitrogen functional groups attached to an aromatic ring is 1. The summed E-state index contributed by atoms with van der Waals surface area (Å²) in [4.78, 5) is 4.28. The van der Waals surface area contributed by atoms with Crippen LogP contribution in [0, 0.1) is 13.8 Å². The Labute approximate surface area is 103 Å². The summed E-state index contributed by atoms with van der Waals surface area (Å²) >= 11 is 3.49. The molecule has 2 N–H and O–H groups in total. The molecular formula is C12H14BrN3. The largest absolute Gasteiger partial charge is 0.369 e. The third kappa shape index (κ3) is 1.73. The van der Waals surface area contributed by atoms with Gasteiger partial charge in [-0.05, 0) is 31.5 Å². The molecule has 0 amide bonds. The number of rotatable bonds is 1. The molecule has 4 heteroatoms. The predicted octanol–water partition coefficient (Wildman–Crippen LogP) is 3.05. The molecule has 0 saturated heterocycles. The second kappa shape index (κ2) is 3.94. The van der Waals surface area contributed by atoms with Gasteiger partial charge >= 0.3 is 0 Å². The second-order valence-corrected chi connectivity index (χ2v) is 4.84. The van der Waals surface area contributed by atoms with Crippen molar-refractivity contribution in [2.24, 2.45) is 7.05 Å². The molecule has 0 unspecified atom stereocenters. The highest BCUT2D eigenvalue weighted by molar-refractivity contribution is 9.10. The fourth-order valence-electron chi connectivity index (χ4n) is 1.88. The van der Waals surface area contributed by atoms with Gasteiger partial charge in [0.15, 0.2) is 0 Å². The highest BCUT2D eigenvalue weighted by Gasteiger charge is 2.13. The van der Waals surface area contributed by atoms with Crippen LogP contribution in [-0.2, 0) is 7.05 Å². The van der Waals surface area contributed by atoms with Gasteiger partial charge in [0.1, 0.15) is 0 Å². The zero-order valence-corrected chi connectivity index (χ0v) is 11.2. The van der Waals surface area contributed by atoms with Crippen LogP contribution in [0.25, 0.3) is 11.3 Å². The van der Waals surface area contributed by atoms with E-state index in [4.69, 9.17) is 5.73 Å². The average Bonchev–Trinajstić information content (AvgIpc) is 2.46. The van der Waals surface area contributed by atoms with Gasteiger partial charge in [0.2, 0.25) is 5.95 Å². The average molecular weight is 280 g/mol. The zero-order valence-electron chi connectivity index (χ0n) is 9.58. The quantitative estimate of drug-likeness (QED) is 0.872. The van der Waals surface area contributed by atoms with E-state index < -0.39 is 0 Å². The van der Waals surface area contributed by atoms with Crippen LogP contribution in [0.3, 0.4) is 0 Å². The molecule has 1 aromatic heterocycles. The van der Waals surface area contributed by atoms with Crippen molar-refractivity contribution >= 4 is 21.9 Å². The fourth-order valence-corrected chi connectivity index (χ4v) is 2.24. The van der Waals surface area contributed by atoms with Crippen LogP contribution in [0.4, 0.5) is 5.95 Å². The van der Waals surface area contributed by atoms with Crippen LogP contribution >= 0.6 is 15.9 Å². The molecule has 0 saturated carbocycles. The molecule has 0 aliphatic heterocycles. The maximum atomic E-state index is 5.81. The van der Waals surface area contributed by atoms with Crippen molar-refractivity contribution in [1.29, 1.82) is 0 Å². The number of aryl methyl sites for hydroxylation is 2. The molecule has 0 spiro atoms. The Morgan fingerprint density at radius 1 is 1.31 bits per heavy atom. The normalized spacial score (nSPS) is 10.8. The number of hydrogen-bond acceptors (Lipinski definition) is 2. The summed E-state index contributed by atoms with van der Waals surface area (Å²) in [5.74, 6) is 0.548. The maximum absolute atomic E-state index is 5.81. The van der Waals surface area contributed by atoms with Gasteiger partial charge in [0.25, 0.3) is 0 Å². The van der Waals surface area contributed by atoms with Crippen molar-refractivity contribution < 1.29 is 0 Å². The number of benzene rings is 1. The van der Waals surface area contributed by atoms with E-state index in [1.807, 2.05) is 24.6 Å². The number of aromatic nitrogens is 2. The van der Waals surface area contributed by atoms with E-state index in [-0.39, 0.29) is 0 Å². The van der Waals surface area contributed by atoms with E-state index in [1.54, 1.807) is 0 Å². The molecule has 0 atom stereocenters. The van der Waals surface area contributed by atoms with E-state index in [0.717, 1.165) is 15.9 Å². The smallest absolute Gasteiger partial charge is 0.200 e. The molecule has 0 fully saturated rings. The van der Waals surface area contributed by atoms with Crippen molar-refractivity contribution in [2.45, 2.75) is 13.8 Å². The Balaban J connectivity index is 2.71. The summed E-state index contributed by atoms with van der Waals surface area (Å²) in [7, 11) is 1.94. The summed E-state index contributed by atoms with van der Waals surface area (Å²) < 4.78 is 2.98. The first-order valence-electron chi connectivity index (χ1n) is 5.06. The molecule has 1 aromatic carbocycles. The molecule has 3 nitrogen and oxygen atoms in total. The van der Waals surface area contributed by atoms with Gasteiger partial charge in [-0.15, -0.1) is 0 Å². The minimum absolute atomic E-state index is 0.548. The lowest BCUT2D eigenvalue weighted by Gasteiger charge is -2.09. The Morgan fingerprint density at radius 2 is 2.00 bits per heavy atom. The number of anilines is 1. The number of imidazole rings is 1. The van der Waals surface area contributed by atoms with Gasteiger partial charge in [-0.25, -0.2) is 4.98 Å². The van der Waals surface area contributed by atoms with Crippen LogP contribution in [0.5, 0.6) is 0 Å². The van der Waals surface area contributed by atoms with E-state index in [9.17, 15) is 0 Å². The number of halogens is 1. The van der Waals surface area contributed by atoms with Crippen molar-refractivity contribution in [2.75, 3.05) is 5.73 Å². The third-order valence-corrected chi connectivity index (χ3v) is 3.25. The zero-order chi connectivity index (χ0) is 11.9. The molecule has 2 aromatic rings. The number of hydrogen-bond donors (Lipinski definition) is 1. The molecule has 0 radical (unpaired) electrons. The summed E-state index contributed by atoms with van der Waals surface area (Å²) in [6, 6.07) is 6.22. The van der Waals surface area contributed by atoms with E-state index in [2.05, 4.69) is 40.0 Å². The Hall–Kier alpha value is -1.29. The third-order valence-electron chi connectivity index (χ3n) is 2.76. The van der Waals surface area contributed by atoms with Crippen molar-refractivity contribution in [3.63, 3.8) is 0 Å². The first kappa shape index (κ1) is 11.2. The van der Waals surface area contributed by atoms with Crippen molar-refractivity contribution in [3.05, 3.63) is 33.9 Å². The van der Waals surface area contributed by atoms with Crippen molar-refractivity contribution in [3.8, 4) is 11.3 Å². The van der Waals surface area contributed by atoms with E-state index in [1.165, 1.54) is 11.1 Å². The van der Waals surface area contributed by atoms with Crippen LogP contribution in [-0.4, -0.2) is 9.55 Å². The Bertz CT molecular complexity index is 543. The SMILES string of the molecule is Cc1ccc(Br)cc1-c1c(C)nc(N)n1C. The van der Waals surface area contributed by atoms with Crippen molar-refractivity contribution in [1.82, 2.24) is 9.55 Å². The number of nitrogens with zero attached hydrogens (tertiary/aromatic N) is 2. The summed E-state index contributed by atoms with van der Waals surface area (Å²) in [6.45, 7) is 4.07. The summed E-state index contributed by atoms with van der Waals surface area (Å²) in [5.41, 5.74) is 10.2. The molecular weight excluding hydrogens is 266 g/mol. The molecule has 0 aliphatic rings. The standard InChI is InChI=1S/C12H14BrN3/c1-7-4-5-9(13)6-10(7)11-8(2)15-12(14)16(11)3/h4-6H,1-3H3,(H2,14,15). The lowest BCUT2D eigenvalue weighted by Crippen LogP contribution is -1.99. The second-order valence-electron chi connectivity index (χ2n) is 3.92. The van der Waals surface area contributed by atoms with E-state index in [0.29, 0.717) is 5.95 Å². The molecule has 16 heavy (non-hydrogen) atoms. The van der Waals surface area contributed by atoms with Gasteiger partial charge in [-0.2, -0.15) is 0 Å². The minimum Gasteiger partial charge on any atom is -0.369 e. The number of nitrogens with two attached hydrogens (primary N) is 1. The van der Waals surface area contributed by atoms with Crippen LogP contribution in [0.1, 0.15) is 11.3 Å². The lowest BCUT2D eigenvalue weighted by atomic mass is 10.0. The van der Waals surface area contributed by atoms with Gasteiger partial charge in [0.05, 0.1) is 11.4 Å². The first-order chi connectivity index (χ1) is 7.50.